The van der Waals surface area contributed by atoms with E-state index < -0.39 is 4.92 Å². The summed E-state index contributed by atoms with van der Waals surface area (Å²) in [4.78, 5) is 18.7. The third kappa shape index (κ3) is 2.57. The maximum atomic E-state index is 10.9. The molecule has 21 heavy (non-hydrogen) atoms. The van der Waals surface area contributed by atoms with Crippen LogP contribution in [0.3, 0.4) is 0 Å². The average molecular weight is 281 g/mol. The lowest BCUT2D eigenvalue weighted by Gasteiger charge is -2.08. The zero-order valence-electron chi connectivity index (χ0n) is 10.9. The summed E-state index contributed by atoms with van der Waals surface area (Å²) in [5.74, 6) is 0.389. The van der Waals surface area contributed by atoms with Crippen LogP contribution in [-0.2, 0) is 0 Å². The number of nitrogens with two attached hydrogens (primary N) is 1. The smallest absolute Gasteiger partial charge is 0.276 e. The van der Waals surface area contributed by atoms with Gasteiger partial charge in [-0.2, -0.15) is 0 Å². The first kappa shape index (κ1) is 12.8. The van der Waals surface area contributed by atoms with Crippen molar-refractivity contribution in [2.45, 2.75) is 0 Å². The lowest BCUT2D eigenvalue weighted by atomic mass is 10.2. The Labute approximate surface area is 119 Å². The number of hydrogen-bond acceptors (Lipinski definition) is 6. The highest BCUT2D eigenvalue weighted by Gasteiger charge is 2.11. The Morgan fingerprint density at radius 1 is 1.19 bits per heavy atom. The van der Waals surface area contributed by atoms with Crippen molar-refractivity contribution < 1.29 is 4.92 Å². The van der Waals surface area contributed by atoms with Crippen LogP contribution in [0.25, 0.3) is 10.9 Å². The van der Waals surface area contributed by atoms with Gasteiger partial charge in [0, 0.05) is 11.6 Å². The van der Waals surface area contributed by atoms with Gasteiger partial charge in [0.05, 0.1) is 28.3 Å². The molecule has 0 aliphatic rings. The number of pyridine rings is 2. The van der Waals surface area contributed by atoms with Crippen LogP contribution in [0.4, 0.5) is 23.0 Å². The summed E-state index contributed by atoms with van der Waals surface area (Å²) in [5, 5.41) is 14.8. The average Bonchev–Trinajstić information content (AvgIpc) is 2.47. The fraction of sp³-hybridized carbons (Fsp3) is 0. The van der Waals surface area contributed by atoms with E-state index >= 15 is 0 Å². The second-order valence-corrected chi connectivity index (χ2v) is 4.40. The third-order valence-corrected chi connectivity index (χ3v) is 2.94. The molecule has 0 radical (unpaired) electrons. The molecule has 2 heterocycles. The second kappa shape index (κ2) is 5.04. The third-order valence-electron chi connectivity index (χ3n) is 2.94. The molecule has 2 aromatic heterocycles. The molecular weight excluding hydrogens is 270 g/mol. The summed E-state index contributed by atoms with van der Waals surface area (Å²) < 4.78 is 0. The van der Waals surface area contributed by atoms with E-state index in [0.717, 1.165) is 10.9 Å². The van der Waals surface area contributed by atoms with Crippen LogP contribution in [0.2, 0.25) is 0 Å². The fourth-order valence-electron chi connectivity index (χ4n) is 2.05. The number of para-hydroxylation sites is 1. The number of rotatable bonds is 3. The molecule has 0 aliphatic heterocycles. The molecule has 3 rings (SSSR count). The quantitative estimate of drug-likeness (QED) is 0.564. The molecular formula is C14H11N5O2. The molecule has 1 aromatic carbocycles. The van der Waals surface area contributed by atoms with Gasteiger partial charge in [-0.3, -0.25) is 15.1 Å². The molecule has 7 nitrogen and oxygen atoms in total. The van der Waals surface area contributed by atoms with Crippen molar-refractivity contribution in [3.8, 4) is 0 Å². The maximum absolute atomic E-state index is 10.9. The Morgan fingerprint density at radius 3 is 2.81 bits per heavy atom. The molecule has 0 atom stereocenters. The van der Waals surface area contributed by atoms with Crippen molar-refractivity contribution in [2.75, 3.05) is 11.1 Å². The number of benzene rings is 1. The van der Waals surface area contributed by atoms with Gasteiger partial charge in [0.1, 0.15) is 11.6 Å². The zero-order chi connectivity index (χ0) is 14.8. The lowest BCUT2D eigenvalue weighted by Crippen LogP contribution is -2.00. The van der Waals surface area contributed by atoms with E-state index in [2.05, 4.69) is 15.3 Å². The monoisotopic (exact) mass is 281 g/mol. The minimum absolute atomic E-state index is 0.0832. The normalized spacial score (nSPS) is 10.5. The van der Waals surface area contributed by atoms with Crippen LogP contribution >= 0.6 is 0 Å². The van der Waals surface area contributed by atoms with Crippen LogP contribution < -0.4 is 11.1 Å². The molecule has 0 fully saturated rings. The van der Waals surface area contributed by atoms with Crippen LogP contribution in [0.1, 0.15) is 0 Å². The van der Waals surface area contributed by atoms with Crippen molar-refractivity contribution in [1.82, 2.24) is 9.97 Å². The van der Waals surface area contributed by atoms with E-state index in [9.17, 15) is 10.1 Å². The van der Waals surface area contributed by atoms with E-state index in [-0.39, 0.29) is 11.5 Å². The van der Waals surface area contributed by atoms with Crippen molar-refractivity contribution in [2.24, 2.45) is 0 Å². The highest BCUT2D eigenvalue weighted by Crippen LogP contribution is 2.26. The van der Waals surface area contributed by atoms with E-state index in [0.29, 0.717) is 11.5 Å². The molecule has 0 saturated heterocycles. The molecule has 0 amide bonds. The Morgan fingerprint density at radius 2 is 2.00 bits per heavy atom. The van der Waals surface area contributed by atoms with Gasteiger partial charge < -0.3 is 11.1 Å². The molecule has 0 spiro atoms. The first-order valence-electron chi connectivity index (χ1n) is 6.16. The van der Waals surface area contributed by atoms with Crippen LogP contribution in [0, 0.1) is 10.1 Å². The number of hydrogen-bond donors (Lipinski definition) is 2. The van der Waals surface area contributed by atoms with E-state index in [1.807, 2.05) is 30.3 Å². The molecule has 104 valence electrons. The molecule has 7 heteroatoms. The summed E-state index contributed by atoms with van der Waals surface area (Å²) in [6.07, 6.45) is 1.68. The van der Waals surface area contributed by atoms with Crippen LogP contribution in [0.5, 0.6) is 0 Å². The molecule has 3 aromatic rings. The van der Waals surface area contributed by atoms with E-state index in [1.165, 1.54) is 12.1 Å². The van der Waals surface area contributed by atoms with Gasteiger partial charge in [-0.1, -0.05) is 18.2 Å². The van der Waals surface area contributed by atoms with Gasteiger partial charge in [-0.25, -0.2) is 4.98 Å². The predicted octanol–water partition coefficient (Wildman–Crippen LogP) is 2.86. The summed E-state index contributed by atoms with van der Waals surface area (Å²) in [7, 11) is 0. The number of anilines is 3. The fourth-order valence-corrected chi connectivity index (χ4v) is 2.05. The first-order chi connectivity index (χ1) is 10.1. The lowest BCUT2D eigenvalue weighted by molar-refractivity contribution is -0.384. The minimum Gasteiger partial charge on any atom is -0.383 e. The summed E-state index contributed by atoms with van der Waals surface area (Å²) in [6.45, 7) is 0. The zero-order valence-corrected chi connectivity index (χ0v) is 10.9. The number of aromatic nitrogens is 2. The van der Waals surface area contributed by atoms with Gasteiger partial charge in [0.2, 0.25) is 0 Å². The number of nitro groups is 1. The molecule has 0 aliphatic carbocycles. The highest BCUT2D eigenvalue weighted by atomic mass is 16.6. The Hall–Kier alpha value is -3.22. The van der Waals surface area contributed by atoms with Crippen LogP contribution in [-0.4, -0.2) is 14.9 Å². The first-order valence-corrected chi connectivity index (χ1v) is 6.16. The number of fused-ring (bicyclic) bond motifs is 1. The molecule has 0 bridgehead atoms. The maximum Gasteiger partial charge on any atom is 0.276 e. The Kier molecular flexibility index (Phi) is 3.07. The standard InChI is InChI=1S/C14H11N5O2/c15-12-7-10(19(20)21)8-13(18-12)17-11-5-1-3-9-4-2-6-16-14(9)11/h1-8H,(H3,15,17,18). The summed E-state index contributed by atoms with van der Waals surface area (Å²) in [6, 6.07) is 11.9. The SMILES string of the molecule is Nc1cc([N+](=O)[O-])cc(Nc2cccc3cccnc23)n1. The van der Waals surface area contributed by atoms with Gasteiger partial charge in [0.15, 0.2) is 0 Å². The topological polar surface area (TPSA) is 107 Å². The van der Waals surface area contributed by atoms with Crippen molar-refractivity contribution in [3.63, 3.8) is 0 Å². The second-order valence-electron chi connectivity index (χ2n) is 4.40. The molecule has 3 N–H and O–H groups in total. The predicted molar refractivity (Wildman–Crippen MR) is 80.3 cm³/mol. The number of nitrogens with zero attached hydrogens (tertiary/aromatic N) is 3. The van der Waals surface area contributed by atoms with Gasteiger partial charge in [-0.15, -0.1) is 0 Å². The summed E-state index contributed by atoms with van der Waals surface area (Å²) >= 11 is 0. The minimum atomic E-state index is -0.509. The van der Waals surface area contributed by atoms with Gasteiger partial charge in [0.25, 0.3) is 5.69 Å². The number of nitrogens with one attached hydrogen (secondary N) is 1. The Balaban J connectivity index is 2.05. The van der Waals surface area contributed by atoms with Crippen LogP contribution in [0.15, 0.2) is 48.7 Å². The van der Waals surface area contributed by atoms with Gasteiger partial charge in [-0.05, 0) is 12.1 Å². The largest absolute Gasteiger partial charge is 0.383 e. The summed E-state index contributed by atoms with van der Waals surface area (Å²) in [5.41, 5.74) is 6.94. The Bertz CT molecular complexity index is 829. The number of nitrogen functional groups attached to an aromatic ring is 1. The van der Waals surface area contributed by atoms with E-state index in [4.69, 9.17) is 5.73 Å². The van der Waals surface area contributed by atoms with Crippen molar-refractivity contribution in [1.29, 1.82) is 0 Å². The van der Waals surface area contributed by atoms with Gasteiger partial charge >= 0.3 is 0 Å². The van der Waals surface area contributed by atoms with Crippen molar-refractivity contribution in [3.05, 3.63) is 58.8 Å². The molecule has 0 saturated carbocycles. The van der Waals surface area contributed by atoms with Crippen molar-refractivity contribution >= 4 is 33.9 Å². The highest BCUT2D eigenvalue weighted by molar-refractivity contribution is 5.91. The molecule has 0 unspecified atom stereocenters. The van der Waals surface area contributed by atoms with E-state index in [1.54, 1.807) is 6.20 Å².